The fourth-order valence-corrected chi connectivity index (χ4v) is 4.14. The average Bonchev–Trinajstić information content (AvgIpc) is 3.08. The van der Waals surface area contributed by atoms with Gasteiger partial charge in [0, 0.05) is 28.6 Å². The first kappa shape index (κ1) is 20.6. The van der Waals surface area contributed by atoms with Gasteiger partial charge in [0.25, 0.3) is 5.91 Å². The molecule has 1 aliphatic rings. The lowest BCUT2D eigenvalue weighted by Crippen LogP contribution is -2.39. The molecule has 1 aliphatic heterocycles. The number of benzene rings is 1. The molecule has 7 heteroatoms. The Bertz CT molecular complexity index is 897. The molecule has 0 spiro atoms. The van der Waals surface area contributed by atoms with E-state index < -0.39 is 5.60 Å². The van der Waals surface area contributed by atoms with Gasteiger partial charge in [-0.3, -0.25) is 4.79 Å². The van der Waals surface area contributed by atoms with Crippen molar-refractivity contribution < 1.29 is 14.3 Å². The predicted octanol–water partition coefficient (Wildman–Crippen LogP) is 5.79. The third-order valence-corrected chi connectivity index (χ3v) is 5.86. The number of halogens is 1. The number of nitrogens with zero attached hydrogens (tertiary/aromatic N) is 1. The molecule has 148 valence electrons. The fraction of sp³-hybridized carbons (Fsp3) is 0.333. The van der Waals surface area contributed by atoms with Gasteiger partial charge in [-0.2, -0.15) is 0 Å². The molecule has 0 unspecified atom stereocenters. The van der Waals surface area contributed by atoms with Crippen LogP contribution in [0.2, 0.25) is 0 Å². The predicted molar refractivity (Wildman–Crippen MR) is 117 cm³/mol. The molecule has 28 heavy (non-hydrogen) atoms. The zero-order valence-electron chi connectivity index (χ0n) is 16.1. The summed E-state index contributed by atoms with van der Waals surface area (Å²) in [6.07, 6.45) is 2.55. The summed E-state index contributed by atoms with van der Waals surface area (Å²) in [7, 11) is 0. The van der Waals surface area contributed by atoms with E-state index in [1.807, 2.05) is 50.4 Å². The maximum absolute atomic E-state index is 12.2. The molecule has 0 saturated carbocycles. The first-order chi connectivity index (χ1) is 13.2. The largest absolute Gasteiger partial charge is 0.444 e. The number of nitrogens with one attached hydrogen (secondary N) is 1. The van der Waals surface area contributed by atoms with Crippen molar-refractivity contribution in [2.75, 3.05) is 18.4 Å². The lowest BCUT2D eigenvalue weighted by molar-refractivity contribution is 0.0270. The van der Waals surface area contributed by atoms with E-state index in [1.54, 1.807) is 11.0 Å². The zero-order chi connectivity index (χ0) is 20.3. The molecule has 0 saturated heterocycles. The number of amides is 2. The van der Waals surface area contributed by atoms with Crippen LogP contribution in [0, 0.1) is 0 Å². The van der Waals surface area contributed by atoms with Crippen LogP contribution in [0.25, 0.3) is 5.57 Å². The second kappa shape index (κ2) is 8.49. The van der Waals surface area contributed by atoms with Gasteiger partial charge in [0.15, 0.2) is 0 Å². The monoisotopic (exact) mass is 462 g/mol. The van der Waals surface area contributed by atoms with Crippen molar-refractivity contribution in [3.63, 3.8) is 0 Å². The molecule has 0 bridgehead atoms. The number of thiophene rings is 1. The van der Waals surface area contributed by atoms with E-state index in [0.717, 1.165) is 22.1 Å². The van der Waals surface area contributed by atoms with Gasteiger partial charge >= 0.3 is 6.09 Å². The van der Waals surface area contributed by atoms with E-state index in [9.17, 15) is 9.59 Å². The topological polar surface area (TPSA) is 58.6 Å². The molecule has 5 nitrogen and oxygen atoms in total. The first-order valence-corrected chi connectivity index (χ1v) is 10.7. The highest BCUT2D eigenvalue weighted by atomic mass is 79.9. The van der Waals surface area contributed by atoms with E-state index in [4.69, 9.17) is 4.74 Å². The van der Waals surface area contributed by atoms with Crippen molar-refractivity contribution in [2.24, 2.45) is 0 Å². The third kappa shape index (κ3) is 5.45. The third-order valence-electron chi connectivity index (χ3n) is 4.17. The highest BCUT2D eigenvalue weighted by Crippen LogP contribution is 2.25. The molecule has 0 fully saturated rings. The van der Waals surface area contributed by atoms with Gasteiger partial charge < -0.3 is 15.0 Å². The Morgan fingerprint density at radius 2 is 1.93 bits per heavy atom. The molecule has 3 rings (SSSR count). The summed E-state index contributed by atoms with van der Waals surface area (Å²) in [5.74, 6) is -0.117. The number of carbonyl (C=O) groups excluding carboxylic acids is 2. The van der Waals surface area contributed by atoms with Crippen LogP contribution >= 0.6 is 27.3 Å². The first-order valence-electron chi connectivity index (χ1n) is 9.04. The molecule has 0 radical (unpaired) electrons. The second-order valence-corrected chi connectivity index (χ2v) is 9.39. The van der Waals surface area contributed by atoms with Crippen molar-refractivity contribution >= 4 is 50.5 Å². The van der Waals surface area contributed by atoms with Gasteiger partial charge in [0.05, 0.1) is 4.88 Å². The van der Waals surface area contributed by atoms with Crippen molar-refractivity contribution in [3.05, 3.63) is 56.7 Å². The Morgan fingerprint density at radius 3 is 2.46 bits per heavy atom. The van der Waals surface area contributed by atoms with E-state index in [-0.39, 0.29) is 12.0 Å². The van der Waals surface area contributed by atoms with Gasteiger partial charge in [-0.1, -0.05) is 18.2 Å². The molecule has 1 aromatic heterocycles. The number of rotatable bonds is 3. The quantitative estimate of drug-likeness (QED) is 0.627. The van der Waals surface area contributed by atoms with Crippen molar-refractivity contribution in [1.29, 1.82) is 0 Å². The van der Waals surface area contributed by atoms with Crippen LogP contribution < -0.4 is 5.32 Å². The minimum absolute atomic E-state index is 0.117. The number of hydrogen-bond acceptors (Lipinski definition) is 4. The summed E-state index contributed by atoms with van der Waals surface area (Å²) in [4.78, 5) is 26.8. The van der Waals surface area contributed by atoms with E-state index in [1.165, 1.54) is 16.9 Å². The Morgan fingerprint density at radius 1 is 1.21 bits per heavy atom. The zero-order valence-corrected chi connectivity index (χ0v) is 18.5. The molecule has 1 N–H and O–H groups in total. The van der Waals surface area contributed by atoms with Crippen molar-refractivity contribution in [3.8, 4) is 0 Å². The highest BCUT2D eigenvalue weighted by molar-refractivity contribution is 9.10. The van der Waals surface area contributed by atoms with Crippen LogP contribution in [0.3, 0.4) is 0 Å². The summed E-state index contributed by atoms with van der Waals surface area (Å²) >= 11 is 4.76. The number of carbonyl (C=O) groups is 2. The van der Waals surface area contributed by atoms with Crippen LogP contribution in [0.1, 0.15) is 42.4 Å². The van der Waals surface area contributed by atoms with E-state index in [2.05, 4.69) is 27.3 Å². The number of ether oxygens (including phenoxy) is 1. The van der Waals surface area contributed by atoms with Gasteiger partial charge in [-0.15, -0.1) is 11.3 Å². The maximum Gasteiger partial charge on any atom is 0.410 e. The standard InChI is InChI=1S/C21H23BrN2O3S/c1-21(2,3)27-20(26)24-10-8-15(9-11-24)14-4-6-17(7-5-14)23-19(25)18-12-16(22)13-28-18/h4-8,12-13H,9-11H2,1-3H3,(H,23,25). The molecule has 0 atom stereocenters. The van der Waals surface area contributed by atoms with Gasteiger partial charge in [-0.25, -0.2) is 4.79 Å². The molecule has 2 heterocycles. The summed E-state index contributed by atoms with van der Waals surface area (Å²) in [6.45, 7) is 6.78. The number of anilines is 1. The number of hydrogen-bond donors (Lipinski definition) is 1. The minimum atomic E-state index is -0.486. The molecule has 2 aromatic rings. The highest BCUT2D eigenvalue weighted by Gasteiger charge is 2.23. The Kier molecular flexibility index (Phi) is 6.25. The molecule has 2 amide bonds. The Labute approximate surface area is 177 Å². The van der Waals surface area contributed by atoms with E-state index in [0.29, 0.717) is 18.0 Å². The van der Waals surface area contributed by atoms with Crippen LogP contribution in [-0.4, -0.2) is 35.6 Å². The minimum Gasteiger partial charge on any atom is -0.444 e. The average molecular weight is 463 g/mol. The Balaban J connectivity index is 1.59. The Hall–Kier alpha value is -2.12. The fourth-order valence-electron chi connectivity index (χ4n) is 2.82. The summed E-state index contributed by atoms with van der Waals surface area (Å²) in [5.41, 5.74) is 2.56. The van der Waals surface area contributed by atoms with Crippen LogP contribution in [0.15, 0.2) is 46.3 Å². The van der Waals surface area contributed by atoms with Gasteiger partial charge in [0.2, 0.25) is 0 Å². The van der Waals surface area contributed by atoms with Crippen LogP contribution in [0.4, 0.5) is 10.5 Å². The maximum atomic E-state index is 12.2. The lowest BCUT2D eigenvalue weighted by Gasteiger charge is -2.29. The molecule has 1 aromatic carbocycles. The van der Waals surface area contributed by atoms with E-state index >= 15 is 0 Å². The van der Waals surface area contributed by atoms with Crippen LogP contribution in [-0.2, 0) is 4.74 Å². The SMILES string of the molecule is CC(C)(C)OC(=O)N1CC=C(c2ccc(NC(=O)c3cc(Br)cs3)cc2)CC1. The van der Waals surface area contributed by atoms with Gasteiger partial charge in [-0.05, 0) is 72.5 Å². The lowest BCUT2D eigenvalue weighted by atomic mass is 9.99. The van der Waals surface area contributed by atoms with Gasteiger partial charge in [0.1, 0.15) is 5.60 Å². The normalized spacial score (nSPS) is 14.4. The summed E-state index contributed by atoms with van der Waals surface area (Å²) in [5, 5.41) is 4.79. The van der Waals surface area contributed by atoms with Crippen LogP contribution in [0.5, 0.6) is 0 Å². The van der Waals surface area contributed by atoms with Crippen molar-refractivity contribution in [2.45, 2.75) is 32.8 Å². The molecular formula is C21H23BrN2O3S. The summed E-state index contributed by atoms with van der Waals surface area (Å²) in [6, 6.07) is 9.59. The second-order valence-electron chi connectivity index (χ2n) is 7.57. The molecule has 0 aliphatic carbocycles. The van der Waals surface area contributed by atoms with Crippen molar-refractivity contribution in [1.82, 2.24) is 4.90 Å². The summed E-state index contributed by atoms with van der Waals surface area (Å²) < 4.78 is 6.33. The molecular weight excluding hydrogens is 440 g/mol. The smallest absolute Gasteiger partial charge is 0.410 e.